The molecule has 0 bridgehead atoms. The van der Waals surface area contributed by atoms with Gasteiger partial charge >= 0.3 is 0 Å². The van der Waals surface area contributed by atoms with Crippen molar-refractivity contribution in [3.63, 3.8) is 0 Å². The number of nitrogens with zero attached hydrogens (tertiary/aromatic N) is 2. The molecule has 0 spiro atoms. The SMILES string of the molecule is COc1cccc(C(=O)Nc2ccn(Cc3ccccc3F)n2)c1C. The fourth-order valence-electron chi connectivity index (χ4n) is 2.58. The lowest BCUT2D eigenvalue weighted by atomic mass is 10.1. The van der Waals surface area contributed by atoms with E-state index in [4.69, 9.17) is 4.74 Å². The van der Waals surface area contributed by atoms with Crippen molar-refractivity contribution in [1.29, 1.82) is 0 Å². The molecule has 2 aromatic carbocycles. The third-order valence-corrected chi connectivity index (χ3v) is 3.92. The summed E-state index contributed by atoms with van der Waals surface area (Å²) >= 11 is 0. The molecule has 6 heteroatoms. The van der Waals surface area contributed by atoms with E-state index in [1.54, 1.807) is 60.5 Å². The van der Waals surface area contributed by atoms with Crippen LogP contribution in [0.5, 0.6) is 5.75 Å². The molecule has 0 saturated heterocycles. The Labute approximate surface area is 145 Å². The van der Waals surface area contributed by atoms with Crippen LogP contribution in [0.2, 0.25) is 0 Å². The van der Waals surface area contributed by atoms with Crippen molar-refractivity contribution in [3.05, 3.63) is 77.2 Å². The van der Waals surface area contributed by atoms with Gasteiger partial charge in [-0.1, -0.05) is 24.3 Å². The Morgan fingerprint density at radius 3 is 2.76 bits per heavy atom. The minimum Gasteiger partial charge on any atom is -0.496 e. The molecule has 3 rings (SSSR count). The van der Waals surface area contributed by atoms with Gasteiger partial charge in [0.15, 0.2) is 5.82 Å². The van der Waals surface area contributed by atoms with Crippen LogP contribution in [0.4, 0.5) is 10.2 Å². The highest BCUT2D eigenvalue weighted by atomic mass is 19.1. The van der Waals surface area contributed by atoms with Crippen LogP contribution < -0.4 is 10.1 Å². The lowest BCUT2D eigenvalue weighted by Gasteiger charge is -2.09. The van der Waals surface area contributed by atoms with Crippen LogP contribution in [0, 0.1) is 12.7 Å². The minimum absolute atomic E-state index is 0.271. The van der Waals surface area contributed by atoms with Crippen molar-refractivity contribution < 1.29 is 13.9 Å². The van der Waals surface area contributed by atoms with Crippen LogP contribution >= 0.6 is 0 Å². The molecule has 1 heterocycles. The normalized spacial score (nSPS) is 10.5. The maximum Gasteiger partial charge on any atom is 0.257 e. The molecule has 0 radical (unpaired) electrons. The molecule has 0 aliphatic carbocycles. The number of ether oxygens (including phenoxy) is 1. The van der Waals surface area contributed by atoms with E-state index in [9.17, 15) is 9.18 Å². The van der Waals surface area contributed by atoms with Crippen molar-refractivity contribution in [1.82, 2.24) is 9.78 Å². The average molecular weight is 339 g/mol. The third kappa shape index (κ3) is 3.68. The second-order valence-electron chi connectivity index (χ2n) is 5.58. The number of methoxy groups -OCH3 is 1. The Morgan fingerprint density at radius 1 is 1.20 bits per heavy atom. The van der Waals surface area contributed by atoms with Crippen molar-refractivity contribution in [2.24, 2.45) is 0 Å². The molecule has 1 amide bonds. The molecule has 0 unspecified atom stereocenters. The van der Waals surface area contributed by atoms with Gasteiger partial charge in [-0.15, -0.1) is 0 Å². The van der Waals surface area contributed by atoms with Crippen LogP contribution in [0.25, 0.3) is 0 Å². The molecule has 0 saturated carbocycles. The van der Waals surface area contributed by atoms with Crippen molar-refractivity contribution in [2.45, 2.75) is 13.5 Å². The molecule has 0 atom stereocenters. The van der Waals surface area contributed by atoms with Gasteiger partial charge in [0.2, 0.25) is 0 Å². The van der Waals surface area contributed by atoms with E-state index in [1.165, 1.54) is 6.07 Å². The van der Waals surface area contributed by atoms with E-state index in [0.717, 1.165) is 5.56 Å². The summed E-state index contributed by atoms with van der Waals surface area (Å²) < 4.78 is 20.5. The molecule has 5 nitrogen and oxygen atoms in total. The lowest BCUT2D eigenvalue weighted by Crippen LogP contribution is -2.14. The Hall–Kier alpha value is -3.15. The van der Waals surface area contributed by atoms with Gasteiger partial charge in [0, 0.05) is 29.0 Å². The summed E-state index contributed by atoms with van der Waals surface area (Å²) in [4.78, 5) is 12.4. The van der Waals surface area contributed by atoms with E-state index in [1.807, 2.05) is 6.92 Å². The van der Waals surface area contributed by atoms with E-state index in [-0.39, 0.29) is 11.7 Å². The maximum absolute atomic E-state index is 13.7. The number of rotatable bonds is 5. The smallest absolute Gasteiger partial charge is 0.257 e. The van der Waals surface area contributed by atoms with Crippen molar-refractivity contribution in [3.8, 4) is 5.75 Å². The first kappa shape index (κ1) is 16.7. The Kier molecular flexibility index (Phi) is 4.79. The molecule has 0 aliphatic heterocycles. The molecule has 25 heavy (non-hydrogen) atoms. The Balaban J connectivity index is 1.73. The van der Waals surface area contributed by atoms with E-state index < -0.39 is 0 Å². The molecular formula is C19H18FN3O2. The van der Waals surface area contributed by atoms with Crippen LogP contribution in [-0.2, 0) is 6.54 Å². The number of anilines is 1. The molecule has 3 aromatic rings. The average Bonchev–Trinajstić information content (AvgIpc) is 3.04. The molecule has 128 valence electrons. The van der Waals surface area contributed by atoms with Gasteiger partial charge in [0.25, 0.3) is 5.91 Å². The first-order valence-corrected chi connectivity index (χ1v) is 7.80. The summed E-state index contributed by atoms with van der Waals surface area (Å²) in [7, 11) is 1.56. The highest BCUT2D eigenvalue weighted by Gasteiger charge is 2.13. The zero-order chi connectivity index (χ0) is 17.8. The number of nitrogens with one attached hydrogen (secondary N) is 1. The topological polar surface area (TPSA) is 56.1 Å². The summed E-state index contributed by atoms with van der Waals surface area (Å²) in [6, 6.07) is 13.5. The van der Waals surface area contributed by atoms with E-state index in [0.29, 0.717) is 29.2 Å². The summed E-state index contributed by atoms with van der Waals surface area (Å²) in [5, 5.41) is 7.02. The monoisotopic (exact) mass is 339 g/mol. The number of aromatic nitrogens is 2. The predicted octanol–water partition coefficient (Wildman–Crippen LogP) is 3.64. The van der Waals surface area contributed by atoms with E-state index >= 15 is 0 Å². The second kappa shape index (κ2) is 7.17. The van der Waals surface area contributed by atoms with Gasteiger partial charge in [0.1, 0.15) is 11.6 Å². The summed E-state index contributed by atoms with van der Waals surface area (Å²) in [5.74, 6) is 0.504. The summed E-state index contributed by atoms with van der Waals surface area (Å²) in [6.07, 6.45) is 1.69. The zero-order valence-electron chi connectivity index (χ0n) is 14.0. The van der Waals surface area contributed by atoms with Gasteiger partial charge < -0.3 is 10.1 Å². The van der Waals surface area contributed by atoms with Gasteiger partial charge in [-0.2, -0.15) is 5.10 Å². The molecule has 1 N–H and O–H groups in total. The van der Waals surface area contributed by atoms with Gasteiger partial charge in [-0.25, -0.2) is 4.39 Å². The van der Waals surface area contributed by atoms with Crippen LogP contribution in [0.3, 0.4) is 0 Å². The fourth-order valence-corrected chi connectivity index (χ4v) is 2.58. The molecule has 0 aliphatic rings. The van der Waals surface area contributed by atoms with Crippen LogP contribution in [0.1, 0.15) is 21.5 Å². The van der Waals surface area contributed by atoms with Crippen LogP contribution in [0.15, 0.2) is 54.7 Å². The van der Waals surface area contributed by atoms with Crippen molar-refractivity contribution in [2.75, 3.05) is 12.4 Å². The van der Waals surface area contributed by atoms with Gasteiger partial charge in [-0.3, -0.25) is 9.48 Å². The molecular weight excluding hydrogens is 321 g/mol. The zero-order valence-corrected chi connectivity index (χ0v) is 14.0. The first-order chi connectivity index (χ1) is 12.1. The van der Waals surface area contributed by atoms with E-state index in [2.05, 4.69) is 10.4 Å². The first-order valence-electron chi connectivity index (χ1n) is 7.80. The lowest BCUT2D eigenvalue weighted by molar-refractivity contribution is 0.102. The number of halogens is 1. The largest absolute Gasteiger partial charge is 0.496 e. The number of carbonyl (C=O) groups is 1. The number of benzene rings is 2. The number of amides is 1. The number of carbonyl (C=O) groups excluding carboxylic acids is 1. The summed E-state index contributed by atoms with van der Waals surface area (Å²) in [5.41, 5.74) is 1.81. The number of hydrogen-bond donors (Lipinski definition) is 1. The number of hydrogen-bond acceptors (Lipinski definition) is 3. The maximum atomic E-state index is 13.7. The van der Waals surface area contributed by atoms with Crippen LogP contribution in [-0.4, -0.2) is 22.8 Å². The third-order valence-electron chi connectivity index (χ3n) is 3.92. The summed E-state index contributed by atoms with van der Waals surface area (Å²) in [6.45, 7) is 2.12. The standard InChI is InChI=1S/C19H18FN3O2/c1-13-15(7-5-9-17(13)25-2)19(24)21-18-10-11-23(22-18)12-14-6-3-4-8-16(14)20/h3-11H,12H2,1-2H3,(H,21,22,24). The van der Waals surface area contributed by atoms with Gasteiger partial charge in [0.05, 0.1) is 13.7 Å². The van der Waals surface area contributed by atoms with Crippen molar-refractivity contribution >= 4 is 11.7 Å². The predicted molar refractivity (Wildman–Crippen MR) is 93.4 cm³/mol. The Morgan fingerprint density at radius 2 is 2.00 bits per heavy atom. The minimum atomic E-state index is -0.282. The Bertz CT molecular complexity index is 905. The van der Waals surface area contributed by atoms with Gasteiger partial charge in [-0.05, 0) is 25.1 Å². The highest BCUT2D eigenvalue weighted by molar-refractivity contribution is 6.05. The quantitative estimate of drug-likeness (QED) is 0.772. The second-order valence-corrected chi connectivity index (χ2v) is 5.58. The molecule has 1 aromatic heterocycles. The molecule has 0 fully saturated rings. The fraction of sp³-hybridized carbons (Fsp3) is 0.158. The highest BCUT2D eigenvalue weighted by Crippen LogP contribution is 2.21.